The van der Waals surface area contributed by atoms with Gasteiger partial charge in [0.15, 0.2) is 5.79 Å². The van der Waals surface area contributed by atoms with Gasteiger partial charge in [0, 0.05) is 20.1 Å². The number of hydrogen-bond donors (Lipinski definition) is 0. The van der Waals surface area contributed by atoms with E-state index in [2.05, 4.69) is 87.4 Å². The molecule has 0 saturated carbocycles. The molecule has 3 rings (SSSR count). The molecule has 0 amide bonds. The Bertz CT molecular complexity index is 875. The molecule has 0 radical (unpaired) electrons. The van der Waals surface area contributed by atoms with Crippen molar-refractivity contribution < 1.29 is 18.6 Å². The lowest BCUT2D eigenvalue weighted by Gasteiger charge is -2.43. The molecule has 1 heterocycles. The Balaban J connectivity index is 1.81. The summed E-state index contributed by atoms with van der Waals surface area (Å²) in [6, 6.07) is 21.4. The lowest BCUT2D eigenvalue weighted by molar-refractivity contribution is -0.145. The van der Waals surface area contributed by atoms with Crippen molar-refractivity contribution in [2.24, 2.45) is 0 Å². The molecule has 2 aromatic rings. The maximum Gasteiger partial charge on any atom is 0.261 e. The first kappa shape index (κ1) is 25.7. The summed E-state index contributed by atoms with van der Waals surface area (Å²) in [5.74, 6) is 2.04. The molecular weight excluding hydrogens is 428 g/mol. The third kappa shape index (κ3) is 5.77. The summed E-state index contributed by atoms with van der Waals surface area (Å²) in [5.41, 5.74) is 0. The van der Waals surface area contributed by atoms with Gasteiger partial charge in [0.1, 0.15) is 12.2 Å². The summed E-state index contributed by atoms with van der Waals surface area (Å²) in [6.45, 7) is 11.2. The van der Waals surface area contributed by atoms with Crippen LogP contribution in [0.1, 0.15) is 47.5 Å². The van der Waals surface area contributed by atoms with Gasteiger partial charge in [-0.3, -0.25) is 0 Å². The highest BCUT2D eigenvalue weighted by atomic mass is 28.4. The molecule has 1 fully saturated rings. The molecule has 5 heteroatoms. The predicted octanol–water partition coefficient (Wildman–Crippen LogP) is 4.51. The van der Waals surface area contributed by atoms with Crippen LogP contribution in [0.25, 0.3) is 0 Å². The lowest BCUT2D eigenvalue weighted by atomic mass is 10.1. The smallest absolute Gasteiger partial charge is 0.261 e. The first-order chi connectivity index (χ1) is 15.6. The predicted molar refractivity (Wildman–Crippen MR) is 136 cm³/mol. The second kappa shape index (κ2) is 10.5. The zero-order chi connectivity index (χ0) is 24.1. The summed E-state index contributed by atoms with van der Waals surface area (Å²) >= 11 is 0. The highest BCUT2D eigenvalue weighted by Gasteiger charge is 2.50. The quantitative estimate of drug-likeness (QED) is 0.402. The molecule has 1 aliphatic rings. The van der Waals surface area contributed by atoms with Gasteiger partial charge in [-0.2, -0.15) is 0 Å². The summed E-state index contributed by atoms with van der Waals surface area (Å²) < 4.78 is 24.7. The van der Waals surface area contributed by atoms with Crippen molar-refractivity contribution in [2.45, 2.75) is 76.6 Å². The zero-order valence-corrected chi connectivity index (χ0v) is 21.8. The highest BCUT2D eigenvalue weighted by molar-refractivity contribution is 6.99. The molecule has 0 aliphatic carbocycles. The van der Waals surface area contributed by atoms with Crippen LogP contribution < -0.4 is 10.4 Å². The standard InChI is InChI=1S/C28H38O4Si/c1-8-25-26(32-28(5,6)31-25)21-22(29-7)19-20-30-33(27(2,3)4,23-15-11-9-12-16-23)24-17-13-10-14-18-24/h1,9-18,22,25-26H,19-21H2,2-7H3/t22-,25+,26+/m0/s1. The van der Waals surface area contributed by atoms with Gasteiger partial charge in [-0.05, 0) is 35.7 Å². The SMILES string of the molecule is C#C[C@H]1OC(C)(C)O[C@@H]1C[C@H](CCO[Si](c1ccccc1)(c1ccccc1)C(C)(C)C)OC. The Morgan fingerprint density at radius 3 is 2.00 bits per heavy atom. The summed E-state index contributed by atoms with van der Waals surface area (Å²) in [6.07, 6.45) is 6.50. The zero-order valence-electron chi connectivity index (χ0n) is 20.8. The van der Waals surface area contributed by atoms with Gasteiger partial charge in [0.2, 0.25) is 0 Å². The molecular formula is C28H38O4Si. The Kier molecular flexibility index (Phi) is 8.20. The molecule has 1 aliphatic heterocycles. The van der Waals surface area contributed by atoms with E-state index in [-0.39, 0.29) is 23.4 Å². The number of methoxy groups -OCH3 is 1. The third-order valence-electron chi connectivity index (χ3n) is 6.35. The molecule has 3 atom stereocenters. The number of benzene rings is 2. The second-order valence-corrected chi connectivity index (χ2v) is 14.5. The fourth-order valence-corrected chi connectivity index (χ4v) is 9.42. The van der Waals surface area contributed by atoms with Crippen LogP contribution in [0.5, 0.6) is 0 Å². The number of ether oxygens (including phenoxy) is 3. The van der Waals surface area contributed by atoms with E-state index in [4.69, 9.17) is 25.1 Å². The fraction of sp³-hybridized carbons (Fsp3) is 0.500. The molecule has 0 aromatic heterocycles. The highest BCUT2D eigenvalue weighted by Crippen LogP contribution is 2.37. The van der Waals surface area contributed by atoms with Crippen molar-refractivity contribution in [2.75, 3.05) is 13.7 Å². The molecule has 0 bridgehead atoms. The van der Waals surface area contributed by atoms with Gasteiger partial charge in [-0.25, -0.2) is 0 Å². The number of terminal acetylenes is 1. The first-order valence-electron chi connectivity index (χ1n) is 11.7. The van der Waals surface area contributed by atoms with E-state index in [0.717, 1.165) is 6.42 Å². The number of hydrogen-bond acceptors (Lipinski definition) is 4. The van der Waals surface area contributed by atoms with Crippen molar-refractivity contribution >= 4 is 18.7 Å². The van der Waals surface area contributed by atoms with Crippen LogP contribution in [0.4, 0.5) is 0 Å². The van der Waals surface area contributed by atoms with E-state index in [1.165, 1.54) is 10.4 Å². The molecule has 0 unspecified atom stereocenters. The van der Waals surface area contributed by atoms with Crippen molar-refractivity contribution in [3.63, 3.8) is 0 Å². The summed E-state index contributed by atoms with van der Waals surface area (Å²) in [5, 5.41) is 2.50. The van der Waals surface area contributed by atoms with E-state index in [0.29, 0.717) is 13.0 Å². The Labute approximate surface area is 200 Å². The average Bonchev–Trinajstić information content (AvgIpc) is 3.09. The molecule has 0 N–H and O–H groups in total. The van der Waals surface area contributed by atoms with Gasteiger partial charge < -0.3 is 18.6 Å². The third-order valence-corrected chi connectivity index (χ3v) is 11.4. The van der Waals surface area contributed by atoms with Crippen LogP contribution in [0.3, 0.4) is 0 Å². The van der Waals surface area contributed by atoms with Gasteiger partial charge >= 0.3 is 0 Å². The molecule has 33 heavy (non-hydrogen) atoms. The lowest BCUT2D eigenvalue weighted by Crippen LogP contribution is -2.66. The van der Waals surface area contributed by atoms with Crippen LogP contribution in [0, 0.1) is 12.3 Å². The molecule has 178 valence electrons. The minimum Gasteiger partial charge on any atom is -0.407 e. The minimum atomic E-state index is -2.56. The molecule has 2 aromatic carbocycles. The van der Waals surface area contributed by atoms with Gasteiger partial charge in [0.05, 0.1) is 6.10 Å². The van der Waals surface area contributed by atoms with Crippen LogP contribution in [0.15, 0.2) is 60.7 Å². The van der Waals surface area contributed by atoms with E-state index in [1.807, 2.05) is 13.8 Å². The minimum absolute atomic E-state index is 0.0402. The summed E-state index contributed by atoms with van der Waals surface area (Å²) in [4.78, 5) is 0. The second-order valence-electron chi connectivity index (χ2n) is 10.2. The largest absolute Gasteiger partial charge is 0.407 e. The van der Waals surface area contributed by atoms with Crippen molar-refractivity contribution in [1.29, 1.82) is 0 Å². The summed E-state index contributed by atoms with van der Waals surface area (Å²) in [7, 11) is -0.825. The van der Waals surface area contributed by atoms with Crippen LogP contribution in [-0.2, 0) is 18.6 Å². The Morgan fingerprint density at radius 1 is 1.00 bits per heavy atom. The van der Waals surface area contributed by atoms with Crippen LogP contribution in [-0.4, -0.2) is 46.1 Å². The van der Waals surface area contributed by atoms with E-state index in [1.54, 1.807) is 7.11 Å². The van der Waals surface area contributed by atoms with Gasteiger partial charge in [0.25, 0.3) is 8.32 Å². The Morgan fingerprint density at radius 2 is 1.55 bits per heavy atom. The molecule has 0 spiro atoms. The Hall–Kier alpha value is -1.94. The van der Waals surface area contributed by atoms with E-state index >= 15 is 0 Å². The van der Waals surface area contributed by atoms with E-state index in [9.17, 15) is 0 Å². The first-order valence-corrected chi connectivity index (χ1v) is 13.6. The number of rotatable bonds is 9. The molecule has 1 saturated heterocycles. The van der Waals surface area contributed by atoms with E-state index < -0.39 is 14.1 Å². The maximum absolute atomic E-state index is 7.00. The van der Waals surface area contributed by atoms with Crippen molar-refractivity contribution in [3.8, 4) is 12.3 Å². The van der Waals surface area contributed by atoms with Crippen molar-refractivity contribution in [3.05, 3.63) is 60.7 Å². The van der Waals surface area contributed by atoms with Gasteiger partial charge in [-0.15, -0.1) is 6.42 Å². The maximum atomic E-state index is 7.00. The average molecular weight is 467 g/mol. The van der Waals surface area contributed by atoms with Crippen LogP contribution >= 0.6 is 0 Å². The van der Waals surface area contributed by atoms with Crippen LogP contribution in [0.2, 0.25) is 5.04 Å². The fourth-order valence-electron chi connectivity index (χ4n) is 4.84. The monoisotopic (exact) mass is 466 g/mol. The normalized spacial score (nSPS) is 21.5. The van der Waals surface area contributed by atoms with Crippen molar-refractivity contribution in [1.82, 2.24) is 0 Å². The van der Waals surface area contributed by atoms with Gasteiger partial charge in [-0.1, -0.05) is 87.4 Å². The molecule has 4 nitrogen and oxygen atoms in total. The topological polar surface area (TPSA) is 36.9 Å².